The van der Waals surface area contributed by atoms with Gasteiger partial charge in [-0.05, 0) is 61.4 Å². The molecule has 5 amide bonds. The van der Waals surface area contributed by atoms with Gasteiger partial charge in [-0.15, -0.1) is 6.58 Å². The van der Waals surface area contributed by atoms with Crippen LogP contribution in [0.1, 0.15) is 12.8 Å². The Morgan fingerprint density at radius 3 is 1.94 bits per heavy atom. The maximum absolute atomic E-state index is 12.9. The molecule has 0 radical (unpaired) electrons. The summed E-state index contributed by atoms with van der Waals surface area (Å²) in [6.07, 6.45) is 2.87. The minimum absolute atomic E-state index is 0.00323. The Hall–Kier alpha value is -3.88. The number of rotatable bonds is 6. The molecule has 2 aromatic rings. The number of urea groups is 2. The number of amides is 5. The lowest BCUT2D eigenvalue weighted by atomic mass is 9.96. The van der Waals surface area contributed by atoms with Gasteiger partial charge in [0.1, 0.15) is 5.82 Å². The highest BCUT2D eigenvalue weighted by atomic mass is 19.1. The van der Waals surface area contributed by atoms with Crippen LogP contribution in [0.2, 0.25) is 0 Å². The number of nitrogens with one attached hydrogen (secondary N) is 4. The van der Waals surface area contributed by atoms with E-state index in [1.165, 1.54) is 24.3 Å². The molecule has 9 heteroatoms. The van der Waals surface area contributed by atoms with E-state index in [0.717, 1.165) is 0 Å². The van der Waals surface area contributed by atoms with E-state index in [4.69, 9.17) is 0 Å². The van der Waals surface area contributed by atoms with Gasteiger partial charge in [-0.2, -0.15) is 0 Å². The highest BCUT2D eigenvalue weighted by molar-refractivity contribution is 6.00. The zero-order valence-electron chi connectivity index (χ0n) is 17.6. The van der Waals surface area contributed by atoms with E-state index < -0.39 is 6.03 Å². The number of carbonyl (C=O) groups is 3. The summed E-state index contributed by atoms with van der Waals surface area (Å²) in [6, 6.07) is 11.4. The zero-order chi connectivity index (χ0) is 22.9. The van der Waals surface area contributed by atoms with Crippen LogP contribution in [0.25, 0.3) is 0 Å². The lowest BCUT2D eigenvalue weighted by Gasteiger charge is -2.31. The maximum Gasteiger partial charge on any atom is 0.323 e. The van der Waals surface area contributed by atoms with Crippen LogP contribution in [-0.4, -0.2) is 42.5 Å². The number of benzene rings is 2. The lowest BCUT2D eigenvalue weighted by molar-refractivity contribution is -0.126. The summed E-state index contributed by atoms with van der Waals surface area (Å²) in [4.78, 5) is 38.2. The number of likely N-dealkylation sites (tertiary alicyclic amines) is 1. The fraction of sp³-hybridized carbons (Fsp3) is 0.261. The van der Waals surface area contributed by atoms with Gasteiger partial charge in [-0.25, -0.2) is 14.0 Å². The fourth-order valence-corrected chi connectivity index (χ4v) is 3.33. The standard InChI is InChI=1S/C23H26FN5O3/c1-2-13-25-21(30)16-11-14-29(15-12-16)23(32)28-20-9-7-19(8-10-20)27-22(31)26-18-5-3-17(24)4-6-18/h2-10,16H,1,11-15H2,(H,25,30)(H,28,32)(H2,26,27,31). The molecule has 1 aliphatic rings. The first-order chi connectivity index (χ1) is 15.4. The van der Waals surface area contributed by atoms with Crippen molar-refractivity contribution in [3.63, 3.8) is 0 Å². The third-order valence-electron chi connectivity index (χ3n) is 5.07. The van der Waals surface area contributed by atoms with Crippen LogP contribution in [0.5, 0.6) is 0 Å². The molecule has 1 saturated heterocycles. The summed E-state index contributed by atoms with van der Waals surface area (Å²) in [5.74, 6) is -0.478. The van der Waals surface area contributed by atoms with Gasteiger partial charge in [0.05, 0.1) is 0 Å². The molecule has 8 nitrogen and oxygen atoms in total. The predicted octanol–water partition coefficient (Wildman–Crippen LogP) is 4.02. The van der Waals surface area contributed by atoms with Gasteiger partial charge in [-0.3, -0.25) is 4.79 Å². The van der Waals surface area contributed by atoms with E-state index in [1.807, 2.05) is 0 Å². The van der Waals surface area contributed by atoms with Crippen molar-refractivity contribution < 1.29 is 18.8 Å². The third kappa shape index (κ3) is 6.56. The molecule has 0 bridgehead atoms. The molecule has 168 valence electrons. The maximum atomic E-state index is 12.9. The van der Waals surface area contributed by atoms with Crippen LogP contribution in [0.15, 0.2) is 61.2 Å². The summed E-state index contributed by atoms with van der Waals surface area (Å²) >= 11 is 0. The fourth-order valence-electron chi connectivity index (χ4n) is 3.33. The van der Waals surface area contributed by atoms with Crippen LogP contribution in [0.4, 0.5) is 31.0 Å². The van der Waals surface area contributed by atoms with Crippen molar-refractivity contribution in [1.82, 2.24) is 10.2 Å². The Morgan fingerprint density at radius 2 is 1.41 bits per heavy atom. The first-order valence-electron chi connectivity index (χ1n) is 10.3. The summed E-state index contributed by atoms with van der Waals surface area (Å²) in [5, 5.41) is 10.9. The molecule has 0 aliphatic carbocycles. The normalized spacial score (nSPS) is 13.7. The van der Waals surface area contributed by atoms with Gasteiger partial charge in [0.15, 0.2) is 0 Å². The lowest BCUT2D eigenvalue weighted by Crippen LogP contribution is -2.44. The van der Waals surface area contributed by atoms with Crippen molar-refractivity contribution in [2.45, 2.75) is 12.8 Å². The van der Waals surface area contributed by atoms with Crippen molar-refractivity contribution in [3.8, 4) is 0 Å². The summed E-state index contributed by atoms with van der Waals surface area (Å²) < 4.78 is 12.9. The minimum Gasteiger partial charge on any atom is -0.352 e. The Labute approximate surface area is 185 Å². The number of piperidine rings is 1. The number of nitrogens with zero attached hydrogens (tertiary/aromatic N) is 1. The predicted molar refractivity (Wildman–Crippen MR) is 122 cm³/mol. The molecule has 1 fully saturated rings. The Morgan fingerprint density at radius 1 is 0.906 bits per heavy atom. The SMILES string of the molecule is C=CCNC(=O)C1CCN(C(=O)Nc2ccc(NC(=O)Nc3ccc(F)cc3)cc2)CC1. The number of halogens is 1. The molecule has 0 atom stereocenters. The molecular weight excluding hydrogens is 413 g/mol. The van der Waals surface area contributed by atoms with Crippen LogP contribution in [-0.2, 0) is 4.79 Å². The second-order valence-electron chi connectivity index (χ2n) is 7.39. The molecule has 4 N–H and O–H groups in total. The number of hydrogen-bond donors (Lipinski definition) is 4. The smallest absolute Gasteiger partial charge is 0.323 e. The van der Waals surface area contributed by atoms with Gasteiger partial charge in [0, 0.05) is 42.6 Å². The van der Waals surface area contributed by atoms with Crippen LogP contribution < -0.4 is 21.3 Å². The van der Waals surface area contributed by atoms with Crippen LogP contribution in [0.3, 0.4) is 0 Å². The van der Waals surface area contributed by atoms with E-state index in [2.05, 4.69) is 27.8 Å². The quantitative estimate of drug-likeness (QED) is 0.511. The monoisotopic (exact) mass is 439 g/mol. The number of carbonyl (C=O) groups excluding carboxylic acids is 3. The molecule has 32 heavy (non-hydrogen) atoms. The van der Waals surface area contributed by atoms with E-state index in [-0.39, 0.29) is 23.7 Å². The summed E-state index contributed by atoms with van der Waals surface area (Å²) in [5.41, 5.74) is 1.59. The second kappa shape index (κ2) is 10.9. The van der Waals surface area contributed by atoms with Gasteiger partial charge in [0.25, 0.3) is 0 Å². The molecular formula is C23H26FN5O3. The highest BCUT2D eigenvalue weighted by Gasteiger charge is 2.27. The Bertz CT molecular complexity index is 955. The van der Waals surface area contributed by atoms with Gasteiger partial charge >= 0.3 is 12.1 Å². The van der Waals surface area contributed by atoms with E-state index in [0.29, 0.717) is 49.5 Å². The Balaban J connectivity index is 1.44. The third-order valence-corrected chi connectivity index (χ3v) is 5.07. The average molecular weight is 439 g/mol. The van der Waals surface area contributed by atoms with Gasteiger partial charge in [0.2, 0.25) is 5.91 Å². The Kier molecular flexibility index (Phi) is 7.80. The second-order valence-corrected chi connectivity index (χ2v) is 7.39. The topological polar surface area (TPSA) is 103 Å². The zero-order valence-corrected chi connectivity index (χ0v) is 17.6. The first kappa shape index (κ1) is 22.8. The van der Waals surface area contributed by atoms with Crippen molar-refractivity contribution in [2.24, 2.45) is 5.92 Å². The first-order valence-corrected chi connectivity index (χ1v) is 10.3. The minimum atomic E-state index is -0.464. The van der Waals surface area contributed by atoms with Crippen molar-refractivity contribution in [1.29, 1.82) is 0 Å². The largest absolute Gasteiger partial charge is 0.352 e. The van der Waals surface area contributed by atoms with E-state index in [9.17, 15) is 18.8 Å². The molecule has 1 heterocycles. The van der Waals surface area contributed by atoms with E-state index >= 15 is 0 Å². The van der Waals surface area contributed by atoms with Crippen LogP contribution in [0, 0.1) is 11.7 Å². The molecule has 3 rings (SSSR count). The van der Waals surface area contributed by atoms with Crippen molar-refractivity contribution in [2.75, 3.05) is 35.6 Å². The molecule has 0 saturated carbocycles. The summed E-state index contributed by atoms with van der Waals surface area (Å²) in [6.45, 7) is 5.03. The van der Waals surface area contributed by atoms with Crippen molar-refractivity contribution in [3.05, 3.63) is 67.0 Å². The number of anilines is 3. The van der Waals surface area contributed by atoms with Gasteiger partial charge < -0.3 is 26.2 Å². The van der Waals surface area contributed by atoms with Crippen LogP contribution >= 0.6 is 0 Å². The number of hydrogen-bond acceptors (Lipinski definition) is 3. The van der Waals surface area contributed by atoms with E-state index in [1.54, 1.807) is 35.2 Å². The molecule has 0 spiro atoms. The molecule has 0 aromatic heterocycles. The van der Waals surface area contributed by atoms with Gasteiger partial charge in [-0.1, -0.05) is 6.08 Å². The molecule has 2 aromatic carbocycles. The molecule has 0 unspecified atom stereocenters. The van der Waals surface area contributed by atoms with Crippen molar-refractivity contribution >= 4 is 35.0 Å². The summed E-state index contributed by atoms with van der Waals surface area (Å²) in [7, 11) is 0. The highest BCUT2D eigenvalue weighted by Crippen LogP contribution is 2.19. The average Bonchev–Trinajstić information content (AvgIpc) is 2.80. The molecule has 1 aliphatic heterocycles.